The quantitative estimate of drug-likeness (QED) is 0.493. The molecule has 196 valence electrons. The van der Waals surface area contributed by atoms with Crippen LogP contribution >= 0.6 is 0 Å². The molecule has 2 amide bonds. The van der Waals surface area contributed by atoms with Gasteiger partial charge in [-0.25, -0.2) is 8.42 Å². The third-order valence-corrected chi connectivity index (χ3v) is 8.05. The number of nitrogens with one attached hydrogen (secondary N) is 1. The summed E-state index contributed by atoms with van der Waals surface area (Å²) >= 11 is 0. The molecule has 36 heavy (non-hydrogen) atoms. The van der Waals surface area contributed by atoms with E-state index in [1.165, 1.54) is 11.3 Å². The van der Waals surface area contributed by atoms with Gasteiger partial charge in [0.15, 0.2) is 0 Å². The summed E-state index contributed by atoms with van der Waals surface area (Å²) in [6.07, 6.45) is 7.58. The molecule has 1 aliphatic carbocycles. The number of rotatable bonds is 11. The van der Waals surface area contributed by atoms with Crippen molar-refractivity contribution in [2.24, 2.45) is 0 Å². The molecular weight excluding hydrogens is 474 g/mol. The Labute approximate surface area is 215 Å². The molecule has 1 saturated carbocycles. The van der Waals surface area contributed by atoms with Gasteiger partial charge in [-0.15, -0.1) is 0 Å². The van der Waals surface area contributed by atoms with Crippen molar-refractivity contribution in [2.75, 3.05) is 23.7 Å². The number of hydrogen-bond donors (Lipinski definition) is 1. The second-order valence-corrected chi connectivity index (χ2v) is 11.5. The number of para-hydroxylation sites is 1. The smallest absolute Gasteiger partial charge is 0.244 e. The van der Waals surface area contributed by atoms with Crippen LogP contribution in [0.4, 0.5) is 5.69 Å². The number of hydrogen-bond acceptors (Lipinski definition) is 4. The highest BCUT2D eigenvalue weighted by Gasteiger charge is 2.31. The van der Waals surface area contributed by atoms with E-state index in [9.17, 15) is 18.0 Å². The fourth-order valence-electron chi connectivity index (χ4n) is 4.79. The normalized spacial score (nSPS) is 15.2. The van der Waals surface area contributed by atoms with Crippen LogP contribution in [0.25, 0.3) is 0 Å². The molecule has 0 radical (unpaired) electrons. The summed E-state index contributed by atoms with van der Waals surface area (Å²) in [5.74, 6) is -0.586. The Morgan fingerprint density at radius 2 is 1.64 bits per heavy atom. The highest BCUT2D eigenvalue weighted by molar-refractivity contribution is 7.92. The molecule has 1 fully saturated rings. The lowest BCUT2D eigenvalue weighted by atomic mass is 9.95. The van der Waals surface area contributed by atoms with Gasteiger partial charge >= 0.3 is 0 Å². The van der Waals surface area contributed by atoms with E-state index in [1.807, 2.05) is 49.4 Å². The molecule has 3 rings (SSSR count). The molecule has 1 atom stereocenters. The predicted octanol–water partition coefficient (Wildman–Crippen LogP) is 3.92. The second kappa shape index (κ2) is 12.9. The Bertz CT molecular complexity index is 1110. The van der Waals surface area contributed by atoms with Gasteiger partial charge in [-0.3, -0.25) is 13.9 Å². The van der Waals surface area contributed by atoms with Crippen molar-refractivity contribution >= 4 is 27.5 Å². The molecule has 2 aromatic rings. The van der Waals surface area contributed by atoms with Crippen molar-refractivity contribution in [1.29, 1.82) is 0 Å². The van der Waals surface area contributed by atoms with E-state index < -0.39 is 22.0 Å². The van der Waals surface area contributed by atoms with Crippen molar-refractivity contribution in [3.8, 4) is 0 Å². The number of nitrogens with zero attached hydrogens (tertiary/aromatic N) is 2. The molecule has 0 saturated heterocycles. The number of carbonyl (C=O) groups excluding carboxylic acids is 2. The Morgan fingerprint density at radius 3 is 2.28 bits per heavy atom. The fourth-order valence-corrected chi connectivity index (χ4v) is 5.67. The average Bonchev–Trinajstić information content (AvgIpc) is 2.87. The summed E-state index contributed by atoms with van der Waals surface area (Å²) in [7, 11) is -3.73. The number of aryl methyl sites for hydroxylation is 1. The lowest BCUT2D eigenvalue weighted by Crippen LogP contribution is -2.53. The topological polar surface area (TPSA) is 86.8 Å². The van der Waals surface area contributed by atoms with Crippen molar-refractivity contribution in [3.63, 3.8) is 0 Å². The SMILES string of the molecule is CCc1ccccc1N(CC(=O)N(CCc1ccccc1)C(C)C(=O)NC1CCCCC1)S(C)(=O)=O. The maximum absolute atomic E-state index is 13.7. The molecule has 0 heterocycles. The Morgan fingerprint density at radius 1 is 1.00 bits per heavy atom. The third kappa shape index (κ3) is 7.56. The van der Waals surface area contributed by atoms with Crippen LogP contribution in [0.2, 0.25) is 0 Å². The minimum atomic E-state index is -3.73. The fraction of sp³-hybridized carbons (Fsp3) is 0.500. The second-order valence-electron chi connectivity index (χ2n) is 9.59. The highest BCUT2D eigenvalue weighted by atomic mass is 32.2. The van der Waals surface area contributed by atoms with Gasteiger partial charge in [0.05, 0.1) is 11.9 Å². The maximum Gasteiger partial charge on any atom is 0.244 e. The molecule has 0 bridgehead atoms. The molecular formula is C28H39N3O4S. The van der Waals surface area contributed by atoms with Gasteiger partial charge < -0.3 is 10.2 Å². The Kier molecular flexibility index (Phi) is 9.93. The van der Waals surface area contributed by atoms with Gasteiger partial charge in [-0.05, 0) is 49.8 Å². The summed E-state index contributed by atoms with van der Waals surface area (Å²) < 4.78 is 26.7. The van der Waals surface area contributed by atoms with Crippen LogP contribution in [0.15, 0.2) is 54.6 Å². The number of sulfonamides is 1. The van der Waals surface area contributed by atoms with E-state index in [0.29, 0.717) is 25.1 Å². The highest BCUT2D eigenvalue weighted by Crippen LogP contribution is 2.24. The number of carbonyl (C=O) groups is 2. The van der Waals surface area contributed by atoms with Gasteiger partial charge in [0.25, 0.3) is 0 Å². The summed E-state index contributed by atoms with van der Waals surface area (Å²) in [6.45, 7) is 3.64. The van der Waals surface area contributed by atoms with Crippen LogP contribution in [-0.2, 0) is 32.5 Å². The van der Waals surface area contributed by atoms with Gasteiger partial charge in [0, 0.05) is 12.6 Å². The van der Waals surface area contributed by atoms with Crippen LogP contribution in [0.5, 0.6) is 0 Å². The molecule has 0 aromatic heterocycles. The largest absolute Gasteiger partial charge is 0.352 e. The van der Waals surface area contributed by atoms with E-state index in [4.69, 9.17) is 0 Å². The van der Waals surface area contributed by atoms with Crippen molar-refractivity contribution in [3.05, 3.63) is 65.7 Å². The lowest BCUT2D eigenvalue weighted by Gasteiger charge is -2.33. The van der Waals surface area contributed by atoms with Crippen LogP contribution < -0.4 is 9.62 Å². The summed E-state index contributed by atoms with van der Waals surface area (Å²) in [4.78, 5) is 28.4. The van der Waals surface area contributed by atoms with E-state index in [2.05, 4.69) is 5.32 Å². The minimum absolute atomic E-state index is 0.128. The van der Waals surface area contributed by atoms with Gasteiger partial charge in [-0.1, -0.05) is 74.7 Å². The summed E-state index contributed by atoms with van der Waals surface area (Å²) in [5, 5.41) is 3.12. The predicted molar refractivity (Wildman–Crippen MR) is 144 cm³/mol. The van der Waals surface area contributed by atoms with E-state index >= 15 is 0 Å². The Hall–Kier alpha value is -2.87. The molecule has 1 unspecified atom stereocenters. The van der Waals surface area contributed by atoms with E-state index in [0.717, 1.165) is 47.4 Å². The van der Waals surface area contributed by atoms with E-state index in [-0.39, 0.29) is 18.5 Å². The summed E-state index contributed by atoms with van der Waals surface area (Å²) in [6, 6.07) is 16.4. The zero-order valence-corrected chi connectivity index (χ0v) is 22.5. The maximum atomic E-state index is 13.7. The number of benzene rings is 2. The van der Waals surface area contributed by atoms with E-state index in [1.54, 1.807) is 19.1 Å². The minimum Gasteiger partial charge on any atom is -0.352 e. The average molecular weight is 514 g/mol. The van der Waals surface area contributed by atoms with Gasteiger partial charge in [0.1, 0.15) is 12.6 Å². The van der Waals surface area contributed by atoms with Gasteiger partial charge in [0.2, 0.25) is 21.8 Å². The molecule has 1 N–H and O–H groups in total. The summed E-state index contributed by atoms with van der Waals surface area (Å²) in [5.41, 5.74) is 2.39. The zero-order chi connectivity index (χ0) is 26.1. The molecule has 7 nitrogen and oxygen atoms in total. The Balaban J connectivity index is 1.84. The first-order valence-corrected chi connectivity index (χ1v) is 14.7. The van der Waals surface area contributed by atoms with Crippen molar-refractivity contribution in [2.45, 2.75) is 70.9 Å². The number of amides is 2. The first-order valence-electron chi connectivity index (χ1n) is 12.9. The number of anilines is 1. The first-order chi connectivity index (χ1) is 17.2. The standard InChI is InChI=1S/C28H39N3O4S/c1-4-24-15-11-12-18-26(24)31(36(3,34)35)21-27(32)30(20-19-23-13-7-5-8-14-23)22(2)28(33)29-25-16-9-6-10-17-25/h5,7-8,11-15,18,22,25H,4,6,9-10,16-17,19-21H2,1-3H3,(H,29,33). The monoisotopic (exact) mass is 513 g/mol. The third-order valence-electron chi connectivity index (χ3n) is 6.92. The van der Waals surface area contributed by atoms with Crippen LogP contribution in [0.3, 0.4) is 0 Å². The molecule has 8 heteroatoms. The van der Waals surface area contributed by atoms with Gasteiger partial charge in [-0.2, -0.15) is 0 Å². The molecule has 0 spiro atoms. The zero-order valence-electron chi connectivity index (χ0n) is 21.7. The van der Waals surface area contributed by atoms with Crippen LogP contribution in [-0.4, -0.2) is 56.6 Å². The van der Waals surface area contributed by atoms with Crippen LogP contribution in [0, 0.1) is 0 Å². The van der Waals surface area contributed by atoms with Crippen molar-refractivity contribution < 1.29 is 18.0 Å². The molecule has 2 aromatic carbocycles. The van der Waals surface area contributed by atoms with Crippen LogP contribution in [0.1, 0.15) is 57.1 Å². The molecule has 0 aliphatic heterocycles. The molecule has 1 aliphatic rings. The lowest BCUT2D eigenvalue weighted by molar-refractivity contribution is -0.139. The van der Waals surface area contributed by atoms with Crippen molar-refractivity contribution in [1.82, 2.24) is 10.2 Å². The first kappa shape index (κ1) is 27.7.